The van der Waals surface area contributed by atoms with Gasteiger partial charge < -0.3 is 18.6 Å². The molecule has 0 radical (unpaired) electrons. The maximum atomic E-state index is 12.2. The summed E-state index contributed by atoms with van der Waals surface area (Å²) >= 11 is 6.06. The average molecular weight is 358 g/mol. The lowest BCUT2D eigenvalue weighted by molar-refractivity contribution is 0.0438. The van der Waals surface area contributed by atoms with Crippen molar-refractivity contribution < 1.29 is 23.4 Å². The zero-order valence-corrected chi connectivity index (χ0v) is 13.7. The Balaban J connectivity index is 1.44. The smallest absolute Gasteiger partial charge is 0.338 e. The number of fused-ring (bicyclic) bond motifs is 1. The van der Waals surface area contributed by atoms with Gasteiger partial charge in [-0.05, 0) is 12.1 Å². The normalized spacial score (nSPS) is 12.2. The number of nitrogens with zero attached hydrogens (tertiary/aromatic N) is 1. The Morgan fingerprint density at radius 1 is 1.20 bits per heavy atom. The van der Waals surface area contributed by atoms with Crippen molar-refractivity contribution in [3.8, 4) is 22.8 Å². The second-order valence-electron chi connectivity index (χ2n) is 5.25. The maximum absolute atomic E-state index is 12.2. The number of hydrogen-bond acceptors (Lipinski definition) is 6. The number of carbonyl (C=O) groups is 1. The van der Waals surface area contributed by atoms with Gasteiger partial charge in [0, 0.05) is 5.56 Å². The van der Waals surface area contributed by atoms with E-state index >= 15 is 0 Å². The van der Waals surface area contributed by atoms with Crippen LogP contribution >= 0.6 is 11.6 Å². The predicted octanol–water partition coefficient (Wildman–Crippen LogP) is 4.08. The minimum atomic E-state index is -0.556. The highest BCUT2D eigenvalue weighted by molar-refractivity contribution is 6.32. The van der Waals surface area contributed by atoms with E-state index in [-0.39, 0.29) is 19.0 Å². The molecule has 126 valence electrons. The van der Waals surface area contributed by atoms with Gasteiger partial charge in [0.25, 0.3) is 0 Å². The van der Waals surface area contributed by atoms with E-state index in [4.69, 9.17) is 30.2 Å². The van der Waals surface area contributed by atoms with Gasteiger partial charge >= 0.3 is 5.97 Å². The summed E-state index contributed by atoms with van der Waals surface area (Å²) in [6.07, 6.45) is 1.59. The van der Waals surface area contributed by atoms with Crippen LogP contribution in [-0.4, -0.2) is 17.7 Å². The highest BCUT2D eigenvalue weighted by atomic mass is 35.5. The molecule has 1 aromatic heterocycles. The Morgan fingerprint density at radius 2 is 2.04 bits per heavy atom. The molecule has 0 atom stereocenters. The fourth-order valence-corrected chi connectivity index (χ4v) is 2.67. The molecule has 6 nitrogen and oxygen atoms in total. The van der Waals surface area contributed by atoms with Crippen LogP contribution in [0, 0.1) is 0 Å². The van der Waals surface area contributed by atoms with E-state index in [1.165, 1.54) is 12.1 Å². The van der Waals surface area contributed by atoms with E-state index in [0.29, 0.717) is 28.2 Å². The lowest BCUT2D eigenvalue weighted by Crippen LogP contribution is -2.05. The first-order valence-corrected chi connectivity index (χ1v) is 7.85. The topological polar surface area (TPSA) is 70.8 Å². The van der Waals surface area contributed by atoms with Crippen LogP contribution in [0.2, 0.25) is 5.02 Å². The highest BCUT2D eigenvalue weighted by Crippen LogP contribution is 2.39. The number of oxazole rings is 1. The van der Waals surface area contributed by atoms with Gasteiger partial charge in [-0.1, -0.05) is 41.9 Å². The van der Waals surface area contributed by atoms with Crippen LogP contribution in [0.3, 0.4) is 0 Å². The molecule has 25 heavy (non-hydrogen) atoms. The zero-order valence-electron chi connectivity index (χ0n) is 12.9. The van der Waals surface area contributed by atoms with Crippen LogP contribution in [0.1, 0.15) is 16.2 Å². The summed E-state index contributed by atoms with van der Waals surface area (Å²) in [5.74, 6) is 1.21. The molecular formula is C18H12ClNO5. The van der Waals surface area contributed by atoms with Crippen LogP contribution in [0.4, 0.5) is 0 Å². The lowest BCUT2D eigenvalue weighted by Gasteiger charge is -2.05. The van der Waals surface area contributed by atoms with E-state index in [9.17, 15) is 4.79 Å². The van der Waals surface area contributed by atoms with Gasteiger partial charge in [-0.2, -0.15) is 0 Å². The molecule has 4 rings (SSSR count). The molecule has 0 spiro atoms. The third kappa shape index (κ3) is 3.16. The second-order valence-corrected chi connectivity index (χ2v) is 5.66. The fourth-order valence-electron chi connectivity index (χ4n) is 2.41. The summed E-state index contributed by atoms with van der Waals surface area (Å²) in [6, 6.07) is 12.5. The summed E-state index contributed by atoms with van der Waals surface area (Å²) in [5.41, 5.74) is 1.17. The molecule has 7 heteroatoms. The summed E-state index contributed by atoms with van der Waals surface area (Å²) in [4.78, 5) is 16.3. The van der Waals surface area contributed by atoms with Gasteiger partial charge in [-0.25, -0.2) is 9.78 Å². The van der Waals surface area contributed by atoms with Crippen LogP contribution in [0.5, 0.6) is 11.5 Å². The fraction of sp³-hybridized carbons (Fsp3) is 0.111. The summed E-state index contributed by atoms with van der Waals surface area (Å²) in [5, 5.41) is 0.296. The molecule has 0 N–H and O–H groups in total. The zero-order chi connectivity index (χ0) is 17.2. The van der Waals surface area contributed by atoms with Crippen LogP contribution in [0.15, 0.2) is 53.1 Å². The van der Waals surface area contributed by atoms with Crippen LogP contribution < -0.4 is 9.47 Å². The largest absolute Gasteiger partial charge is 0.454 e. The number of halogens is 1. The number of rotatable bonds is 4. The molecule has 1 aliphatic heterocycles. The molecule has 0 bridgehead atoms. The van der Waals surface area contributed by atoms with E-state index in [1.807, 2.05) is 30.3 Å². The second kappa shape index (κ2) is 6.49. The molecule has 1 aliphatic rings. The lowest BCUT2D eigenvalue weighted by atomic mass is 10.2. The van der Waals surface area contributed by atoms with Gasteiger partial charge in [0.05, 0.1) is 16.8 Å². The van der Waals surface area contributed by atoms with Gasteiger partial charge in [-0.3, -0.25) is 0 Å². The monoisotopic (exact) mass is 357 g/mol. The van der Waals surface area contributed by atoms with Crippen molar-refractivity contribution in [2.45, 2.75) is 6.61 Å². The van der Waals surface area contributed by atoms with Crippen molar-refractivity contribution in [2.24, 2.45) is 0 Å². The molecule has 2 aromatic carbocycles. The Hall–Kier alpha value is -2.99. The van der Waals surface area contributed by atoms with Gasteiger partial charge in [0.2, 0.25) is 12.7 Å². The van der Waals surface area contributed by atoms with Gasteiger partial charge in [-0.15, -0.1) is 0 Å². The SMILES string of the molecule is O=C(OCc1ncc(-c2ccccc2)o1)c1cc(Cl)c2c(c1)OCO2. The van der Waals surface area contributed by atoms with E-state index in [2.05, 4.69) is 4.98 Å². The summed E-state index contributed by atoms with van der Waals surface area (Å²) in [6.45, 7) is -0.0101. The maximum Gasteiger partial charge on any atom is 0.338 e. The van der Waals surface area contributed by atoms with Crippen molar-refractivity contribution in [3.63, 3.8) is 0 Å². The van der Waals surface area contributed by atoms with Crippen molar-refractivity contribution in [1.29, 1.82) is 0 Å². The standard InChI is InChI=1S/C18H12ClNO5/c19-13-6-12(7-14-17(13)24-10-23-14)18(21)22-9-16-20-8-15(25-16)11-4-2-1-3-5-11/h1-8H,9-10H2. The Bertz CT molecular complexity index is 922. The van der Waals surface area contributed by atoms with Crippen LogP contribution in [-0.2, 0) is 11.3 Å². The first kappa shape index (κ1) is 15.5. The first-order chi connectivity index (χ1) is 12.2. The van der Waals surface area contributed by atoms with Crippen molar-refractivity contribution >= 4 is 17.6 Å². The van der Waals surface area contributed by atoms with E-state index in [0.717, 1.165) is 5.56 Å². The number of ether oxygens (including phenoxy) is 3. The quantitative estimate of drug-likeness (QED) is 0.655. The van der Waals surface area contributed by atoms with Crippen molar-refractivity contribution in [3.05, 3.63) is 65.1 Å². The molecule has 0 amide bonds. The Kier molecular flexibility index (Phi) is 4.03. The summed E-state index contributed by atoms with van der Waals surface area (Å²) < 4.78 is 21.3. The minimum absolute atomic E-state index is 0.0755. The number of aromatic nitrogens is 1. The molecule has 0 unspecified atom stereocenters. The predicted molar refractivity (Wildman–Crippen MR) is 88.6 cm³/mol. The number of carbonyl (C=O) groups excluding carboxylic acids is 1. The molecule has 0 fully saturated rings. The minimum Gasteiger partial charge on any atom is -0.454 e. The molecule has 3 aromatic rings. The third-order valence-electron chi connectivity index (χ3n) is 3.60. The van der Waals surface area contributed by atoms with E-state index in [1.54, 1.807) is 6.20 Å². The van der Waals surface area contributed by atoms with Crippen molar-refractivity contribution in [1.82, 2.24) is 4.98 Å². The molecular weight excluding hydrogens is 346 g/mol. The van der Waals surface area contributed by atoms with E-state index < -0.39 is 5.97 Å². The highest BCUT2D eigenvalue weighted by Gasteiger charge is 2.21. The number of benzene rings is 2. The first-order valence-electron chi connectivity index (χ1n) is 7.47. The molecule has 2 heterocycles. The van der Waals surface area contributed by atoms with Gasteiger partial charge in [0.1, 0.15) is 0 Å². The molecule has 0 saturated heterocycles. The molecule has 0 aliphatic carbocycles. The number of esters is 1. The Morgan fingerprint density at radius 3 is 2.88 bits per heavy atom. The third-order valence-corrected chi connectivity index (χ3v) is 3.88. The van der Waals surface area contributed by atoms with Crippen molar-refractivity contribution in [2.75, 3.05) is 6.79 Å². The number of hydrogen-bond donors (Lipinski definition) is 0. The average Bonchev–Trinajstić information content (AvgIpc) is 3.30. The van der Waals surface area contributed by atoms with Crippen LogP contribution in [0.25, 0.3) is 11.3 Å². The molecule has 0 saturated carbocycles. The summed E-state index contributed by atoms with van der Waals surface area (Å²) in [7, 11) is 0. The van der Waals surface area contributed by atoms with Gasteiger partial charge in [0.15, 0.2) is 23.9 Å². The Labute approximate surface area is 147 Å².